The Morgan fingerprint density at radius 3 is 2.15 bits per heavy atom. The zero-order valence-corrected chi connectivity index (χ0v) is 29.1. The van der Waals surface area contributed by atoms with Gasteiger partial charge in [-0.15, -0.1) is 0 Å². The van der Waals surface area contributed by atoms with E-state index in [2.05, 4.69) is 43.6 Å². The summed E-state index contributed by atoms with van der Waals surface area (Å²) in [5.74, 6) is -1.39. The SMILES string of the molecule is CC[C@H]1OC(=O)[C@H](C)[C@H]2C([C@H]3C[C@@](C)(OC)[C@@H](O)[C@H](C)O3)C(C)([C@H]2C)[C@](C)(O)C[C@@H](C)CN(I)[C@H](C)[C@@H](O)[C@]1(C)O. The minimum absolute atomic E-state index is 0.0530. The molecule has 0 aromatic heterocycles. The number of ether oxygens (including phenoxy) is 3. The first-order valence-electron chi connectivity index (χ1n) is 15.4. The molecule has 15 atom stereocenters. The van der Waals surface area contributed by atoms with E-state index >= 15 is 0 Å². The fourth-order valence-corrected chi connectivity index (χ4v) is 9.61. The summed E-state index contributed by atoms with van der Waals surface area (Å²) >= 11 is 2.18. The second-order valence-corrected chi connectivity index (χ2v) is 15.7. The number of cyclic esters (lactones) is 1. The van der Waals surface area contributed by atoms with E-state index in [1.54, 1.807) is 7.11 Å². The van der Waals surface area contributed by atoms with Crippen molar-refractivity contribution in [2.45, 2.75) is 142 Å². The fraction of sp³-hybridized carbons (Fsp3) is 0.968. The normalized spacial score (nSPS) is 54.4. The number of nitrogens with zero attached hydrogens (tertiary/aromatic N) is 1. The molecule has 0 aromatic rings. The van der Waals surface area contributed by atoms with Crippen LogP contribution in [-0.4, -0.2) is 96.5 Å². The maximum Gasteiger partial charge on any atom is 0.309 e. The Hall–Kier alpha value is -0.0800. The molecule has 2 bridgehead atoms. The molecule has 41 heavy (non-hydrogen) atoms. The highest BCUT2D eigenvalue weighted by Gasteiger charge is 2.69. The van der Waals surface area contributed by atoms with Crippen LogP contribution in [0.4, 0.5) is 0 Å². The van der Waals surface area contributed by atoms with Gasteiger partial charge < -0.3 is 34.6 Å². The molecule has 2 aliphatic heterocycles. The van der Waals surface area contributed by atoms with Crippen molar-refractivity contribution in [1.82, 2.24) is 3.11 Å². The van der Waals surface area contributed by atoms with Gasteiger partial charge in [-0.25, -0.2) is 3.11 Å². The van der Waals surface area contributed by atoms with Gasteiger partial charge in [0.2, 0.25) is 0 Å². The van der Waals surface area contributed by atoms with Gasteiger partial charge in [0.15, 0.2) is 0 Å². The summed E-state index contributed by atoms with van der Waals surface area (Å²) in [5.41, 5.74) is -4.23. The lowest BCUT2D eigenvalue weighted by Gasteiger charge is -2.69. The van der Waals surface area contributed by atoms with E-state index in [0.717, 1.165) is 0 Å². The van der Waals surface area contributed by atoms with Crippen molar-refractivity contribution in [3.8, 4) is 0 Å². The number of hydrogen-bond donors (Lipinski definition) is 4. The molecule has 2 heterocycles. The Bertz CT molecular complexity index is 934. The molecular weight excluding hydrogens is 641 g/mol. The average Bonchev–Trinajstić information content (AvgIpc) is 2.89. The van der Waals surface area contributed by atoms with E-state index in [-0.39, 0.29) is 29.8 Å². The van der Waals surface area contributed by atoms with Crippen LogP contribution in [0.25, 0.3) is 0 Å². The van der Waals surface area contributed by atoms with Gasteiger partial charge in [-0.05, 0) is 71.1 Å². The first-order valence-corrected chi connectivity index (χ1v) is 16.3. The Balaban J connectivity index is 2.13. The number of esters is 1. The number of carbonyl (C=O) groups excluding carboxylic acids is 1. The summed E-state index contributed by atoms with van der Waals surface area (Å²) in [6.45, 7) is 19.6. The standard InChI is InChI=1S/C31H56INO8/c1-12-22-31(10,38)25(34)19(5)33(32)15-16(2)13-29(8,37)30(9)18(4)23(17(3)27(36)41-22)24(30)21-14-28(7,39-11)26(35)20(6)40-21/h16-26,34-35,37-38H,12-15H2,1-11H3/t16-,17-,18+,19-,20+,21-,22-,23-,24?,25-,26+,28-,29-,30?,31-/m1/s1. The van der Waals surface area contributed by atoms with Crippen molar-refractivity contribution < 1.29 is 39.4 Å². The molecule has 1 saturated carbocycles. The van der Waals surface area contributed by atoms with Gasteiger partial charge in [0, 0.05) is 54.4 Å². The van der Waals surface area contributed by atoms with E-state index in [0.29, 0.717) is 25.8 Å². The van der Waals surface area contributed by atoms with Crippen LogP contribution in [-0.2, 0) is 19.0 Å². The topological polar surface area (TPSA) is 129 Å². The molecule has 0 radical (unpaired) electrons. The third-order valence-corrected chi connectivity index (χ3v) is 13.0. The van der Waals surface area contributed by atoms with Gasteiger partial charge in [-0.2, -0.15) is 0 Å². The van der Waals surface area contributed by atoms with Crippen LogP contribution >= 0.6 is 22.9 Å². The van der Waals surface area contributed by atoms with Crippen molar-refractivity contribution in [3.05, 3.63) is 0 Å². The van der Waals surface area contributed by atoms with Crippen LogP contribution in [0.15, 0.2) is 0 Å². The molecule has 0 spiro atoms. The van der Waals surface area contributed by atoms with E-state index < -0.39 is 64.6 Å². The predicted octanol–water partition coefficient (Wildman–Crippen LogP) is 3.72. The fourth-order valence-electron chi connectivity index (χ4n) is 8.63. The number of methoxy groups -OCH3 is 1. The highest BCUT2D eigenvalue weighted by atomic mass is 127. The summed E-state index contributed by atoms with van der Waals surface area (Å²) in [5, 5.41) is 46.0. The van der Waals surface area contributed by atoms with Crippen molar-refractivity contribution in [2.24, 2.45) is 35.0 Å². The van der Waals surface area contributed by atoms with E-state index in [1.165, 1.54) is 6.92 Å². The average molecular weight is 698 g/mol. The van der Waals surface area contributed by atoms with E-state index in [4.69, 9.17) is 14.2 Å². The Morgan fingerprint density at radius 2 is 1.61 bits per heavy atom. The quantitative estimate of drug-likeness (QED) is 0.198. The minimum atomic E-state index is -1.67. The highest BCUT2D eigenvalue weighted by Crippen LogP contribution is 2.67. The summed E-state index contributed by atoms with van der Waals surface area (Å²) < 4.78 is 20.3. The largest absolute Gasteiger partial charge is 0.459 e. The van der Waals surface area contributed by atoms with Crippen LogP contribution in [0.3, 0.4) is 0 Å². The van der Waals surface area contributed by atoms with Crippen LogP contribution < -0.4 is 0 Å². The molecule has 9 nitrogen and oxygen atoms in total. The molecule has 240 valence electrons. The molecule has 4 N–H and O–H groups in total. The Labute approximate surface area is 261 Å². The van der Waals surface area contributed by atoms with Crippen LogP contribution in [0.5, 0.6) is 0 Å². The molecule has 0 aromatic carbocycles. The number of rotatable bonds is 3. The molecule has 3 aliphatic rings. The number of fused-ring (bicyclic) bond motifs is 2. The number of halogens is 1. The number of hydrogen-bond acceptors (Lipinski definition) is 9. The van der Waals surface area contributed by atoms with E-state index in [1.807, 2.05) is 44.7 Å². The molecule has 1 aliphatic carbocycles. The van der Waals surface area contributed by atoms with Gasteiger partial charge in [0.25, 0.3) is 0 Å². The number of aliphatic hydroxyl groups excluding tert-OH is 2. The third-order valence-electron chi connectivity index (χ3n) is 11.7. The zero-order chi connectivity index (χ0) is 31.5. The zero-order valence-electron chi connectivity index (χ0n) is 26.9. The summed E-state index contributed by atoms with van der Waals surface area (Å²) in [4.78, 5) is 13.8. The lowest BCUT2D eigenvalue weighted by Crippen LogP contribution is -2.72. The lowest BCUT2D eigenvalue weighted by molar-refractivity contribution is -0.304. The van der Waals surface area contributed by atoms with Crippen LogP contribution in [0, 0.1) is 35.0 Å². The van der Waals surface area contributed by atoms with Crippen LogP contribution in [0.2, 0.25) is 0 Å². The molecular formula is C31H56INO8. The minimum Gasteiger partial charge on any atom is -0.459 e. The lowest BCUT2D eigenvalue weighted by atomic mass is 9.38. The van der Waals surface area contributed by atoms with Crippen molar-refractivity contribution >= 4 is 28.8 Å². The maximum absolute atomic E-state index is 13.8. The van der Waals surface area contributed by atoms with E-state index in [9.17, 15) is 25.2 Å². The number of carbonyl (C=O) groups is 1. The first kappa shape index (κ1) is 35.4. The summed E-state index contributed by atoms with van der Waals surface area (Å²) in [6.07, 6.45) is -2.48. The van der Waals surface area contributed by atoms with Gasteiger partial charge in [-0.1, -0.05) is 34.6 Å². The summed E-state index contributed by atoms with van der Waals surface area (Å²) in [6, 6.07) is -0.431. The molecule has 2 saturated heterocycles. The maximum atomic E-state index is 13.8. The molecule has 3 rings (SSSR count). The monoisotopic (exact) mass is 697 g/mol. The van der Waals surface area contributed by atoms with Gasteiger partial charge in [-0.3, -0.25) is 4.79 Å². The van der Waals surface area contributed by atoms with Crippen LogP contribution in [0.1, 0.15) is 88.5 Å². The molecule has 3 fully saturated rings. The summed E-state index contributed by atoms with van der Waals surface area (Å²) in [7, 11) is 1.60. The number of aliphatic hydroxyl groups is 4. The molecule has 0 amide bonds. The molecule has 2 unspecified atom stereocenters. The van der Waals surface area contributed by atoms with Crippen molar-refractivity contribution in [3.63, 3.8) is 0 Å². The Morgan fingerprint density at radius 1 is 1.02 bits per heavy atom. The third kappa shape index (κ3) is 5.99. The van der Waals surface area contributed by atoms with Gasteiger partial charge in [0.05, 0.1) is 29.3 Å². The highest BCUT2D eigenvalue weighted by molar-refractivity contribution is 14.1. The van der Waals surface area contributed by atoms with Gasteiger partial charge in [0.1, 0.15) is 23.9 Å². The predicted molar refractivity (Wildman–Crippen MR) is 165 cm³/mol. The van der Waals surface area contributed by atoms with Crippen molar-refractivity contribution in [1.29, 1.82) is 0 Å². The molecule has 10 heteroatoms. The van der Waals surface area contributed by atoms with Gasteiger partial charge >= 0.3 is 5.97 Å². The smallest absolute Gasteiger partial charge is 0.309 e. The Kier molecular flexibility index (Phi) is 10.7. The van der Waals surface area contributed by atoms with Crippen molar-refractivity contribution in [2.75, 3.05) is 13.7 Å². The second kappa shape index (κ2) is 12.4. The second-order valence-electron chi connectivity index (χ2n) is 14.4. The first-order chi connectivity index (χ1) is 18.7.